The van der Waals surface area contributed by atoms with Gasteiger partial charge in [-0.05, 0) is 59.9 Å². The Bertz CT molecular complexity index is 1200. The van der Waals surface area contributed by atoms with Crippen LogP contribution in [0.3, 0.4) is 0 Å². The third-order valence-electron chi connectivity index (χ3n) is 5.35. The quantitative estimate of drug-likeness (QED) is 0.344. The Balaban J connectivity index is 1.52. The molecule has 0 saturated heterocycles. The van der Waals surface area contributed by atoms with Crippen molar-refractivity contribution in [2.45, 2.75) is 39.0 Å². The number of para-hydroxylation sites is 1. The molecule has 0 aromatic heterocycles. The van der Waals surface area contributed by atoms with Gasteiger partial charge in [-0.2, -0.15) is 0 Å². The highest BCUT2D eigenvalue weighted by Crippen LogP contribution is 2.24. The van der Waals surface area contributed by atoms with Crippen molar-refractivity contribution in [2.24, 2.45) is 0 Å². The molecule has 0 aliphatic rings. The predicted molar refractivity (Wildman–Crippen MR) is 136 cm³/mol. The number of amides is 2. The van der Waals surface area contributed by atoms with E-state index in [1.165, 1.54) is 17.7 Å². The number of aromatic carboxylic acids is 1. The van der Waals surface area contributed by atoms with Crippen molar-refractivity contribution in [2.75, 3.05) is 17.2 Å². The van der Waals surface area contributed by atoms with Crippen LogP contribution in [0, 0.1) is 0 Å². The maximum atomic E-state index is 12.8. The number of carboxylic acid groups (broad SMARTS) is 1. The van der Waals surface area contributed by atoms with Gasteiger partial charge in [-0.25, -0.2) is 4.79 Å². The van der Waals surface area contributed by atoms with Crippen molar-refractivity contribution in [3.8, 4) is 5.75 Å². The monoisotopic (exact) mass is 474 g/mol. The molecular formula is C28H30N2O5. The molecule has 3 N–H and O–H groups in total. The lowest BCUT2D eigenvalue weighted by Gasteiger charge is -2.19. The zero-order chi connectivity index (χ0) is 25.4. The highest BCUT2D eigenvalue weighted by molar-refractivity contribution is 6.10. The molecule has 3 rings (SSSR count). The van der Waals surface area contributed by atoms with E-state index in [0.29, 0.717) is 24.4 Å². The number of rotatable bonds is 9. The second-order valence-electron chi connectivity index (χ2n) is 9.16. The third-order valence-corrected chi connectivity index (χ3v) is 5.35. The zero-order valence-electron chi connectivity index (χ0n) is 20.1. The average Bonchev–Trinajstić information content (AvgIpc) is 2.82. The Labute approximate surface area is 205 Å². The van der Waals surface area contributed by atoms with Gasteiger partial charge in [0.15, 0.2) is 0 Å². The molecule has 2 amide bonds. The van der Waals surface area contributed by atoms with Crippen LogP contribution < -0.4 is 15.4 Å². The van der Waals surface area contributed by atoms with Crippen LogP contribution in [0.25, 0.3) is 0 Å². The number of hydrogen-bond donors (Lipinski definition) is 3. The van der Waals surface area contributed by atoms with Gasteiger partial charge in [0, 0.05) is 12.1 Å². The van der Waals surface area contributed by atoms with Gasteiger partial charge in [0.05, 0.1) is 23.4 Å². The summed E-state index contributed by atoms with van der Waals surface area (Å²) in [7, 11) is 0. The van der Waals surface area contributed by atoms with Gasteiger partial charge in [0.2, 0.25) is 5.91 Å². The van der Waals surface area contributed by atoms with Crippen molar-refractivity contribution in [1.29, 1.82) is 0 Å². The number of anilines is 2. The molecule has 35 heavy (non-hydrogen) atoms. The lowest BCUT2D eigenvalue weighted by atomic mass is 9.87. The Morgan fingerprint density at radius 1 is 0.886 bits per heavy atom. The largest absolute Gasteiger partial charge is 0.494 e. The molecule has 0 saturated carbocycles. The first-order valence-electron chi connectivity index (χ1n) is 11.4. The lowest BCUT2D eigenvalue weighted by molar-refractivity contribution is -0.116. The molecule has 0 aliphatic heterocycles. The van der Waals surface area contributed by atoms with Crippen LogP contribution in [0.1, 0.15) is 59.9 Å². The number of hydrogen-bond acceptors (Lipinski definition) is 4. The first kappa shape index (κ1) is 25.5. The number of carbonyl (C=O) groups is 3. The van der Waals surface area contributed by atoms with Crippen LogP contribution in [-0.4, -0.2) is 29.5 Å². The molecule has 0 heterocycles. The molecule has 7 heteroatoms. The fourth-order valence-electron chi connectivity index (χ4n) is 3.41. The van der Waals surface area contributed by atoms with Crippen molar-refractivity contribution >= 4 is 29.2 Å². The van der Waals surface area contributed by atoms with E-state index >= 15 is 0 Å². The Morgan fingerprint density at radius 3 is 2.29 bits per heavy atom. The van der Waals surface area contributed by atoms with Crippen LogP contribution in [0.15, 0.2) is 72.8 Å². The van der Waals surface area contributed by atoms with Crippen molar-refractivity contribution < 1.29 is 24.2 Å². The molecule has 0 spiro atoms. The van der Waals surface area contributed by atoms with E-state index in [1.54, 1.807) is 36.4 Å². The van der Waals surface area contributed by atoms with E-state index < -0.39 is 11.9 Å². The van der Waals surface area contributed by atoms with Crippen LogP contribution in [0.5, 0.6) is 5.75 Å². The smallest absolute Gasteiger partial charge is 0.335 e. The fourth-order valence-corrected chi connectivity index (χ4v) is 3.41. The molecule has 0 bridgehead atoms. The first-order chi connectivity index (χ1) is 16.6. The molecular weight excluding hydrogens is 444 g/mol. The summed E-state index contributed by atoms with van der Waals surface area (Å²) in [5.74, 6) is -1.01. The second-order valence-corrected chi connectivity index (χ2v) is 9.16. The van der Waals surface area contributed by atoms with Crippen LogP contribution >= 0.6 is 0 Å². The lowest BCUT2D eigenvalue weighted by Crippen LogP contribution is -2.18. The predicted octanol–water partition coefficient (Wildman–Crippen LogP) is 5.73. The van der Waals surface area contributed by atoms with Gasteiger partial charge in [-0.15, -0.1) is 0 Å². The minimum absolute atomic E-state index is 0.0664. The summed E-state index contributed by atoms with van der Waals surface area (Å²) in [6, 6.07) is 20.6. The Hall–Kier alpha value is -4.13. The highest BCUT2D eigenvalue weighted by atomic mass is 16.5. The maximum absolute atomic E-state index is 12.8. The highest BCUT2D eigenvalue weighted by Gasteiger charge is 2.15. The van der Waals surface area contributed by atoms with E-state index in [4.69, 9.17) is 9.84 Å². The second kappa shape index (κ2) is 11.3. The van der Waals surface area contributed by atoms with Crippen LogP contribution in [-0.2, 0) is 10.2 Å². The van der Waals surface area contributed by atoms with E-state index in [2.05, 4.69) is 31.4 Å². The number of ether oxygens (including phenoxy) is 1. The molecule has 3 aromatic carbocycles. The molecule has 182 valence electrons. The fraction of sp³-hybridized carbons (Fsp3) is 0.250. The summed E-state index contributed by atoms with van der Waals surface area (Å²) in [5.41, 5.74) is 2.37. The molecule has 0 fully saturated rings. The van der Waals surface area contributed by atoms with Gasteiger partial charge in [-0.3, -0.25) is 9.59 Å². The Kier molecular flexibility index (Phi) is 8.25. The number of nitrogens with one attached hydrogen (secondary N) is 2. The van der Waals surface area contributed by atoms with Gasteiger partial charge >= 0.3 is 5.97 Å². The average molecular weight is 475 g/mol. The maximum Gasteiger partial charge on any atom is 0.335 e. The normalized spacial score (nSPS) is 10.9. The van der Waals surface area contributed by atoms with Gasteiger partial charge < -0.3 is 20.5 Å². The van der Waals surface area contributed by atoms with Crippen molar-refractivity contribution in [1.82, 2.24) is 0 Å². The minimum Gasteiger partial charge on any atom is -0.494 e. The molecule has 0 aliphatic carbocycles. The summed E-state index contributed by atoms with van der Waals surface area (Å²) >= 11 is 0. The van der Waals surface area contributed by atoms with E-state index in [1.807, 2.05) is 24.3 Å². The number of carbonyl (C=O) groups excluding carboxylic acids is 2. The standard InChI is InChI=1S/C28H30N2O5/c1-28(2,3)20-13-15-22(16-14-20)35-17-7-12-25(31)30-24-11-5-4-10-23(24)26(32)29-21-9-6-8-19(18-21)27(33)34/h4-6,8-11,13-16,18H,7,12,17H2,1-3H3,(H,29,32)(H,30,31)(H,33,34). The van der Waals surface area contributed by atoms with Crippen LogP contribution in [0.4, 0.5) is 11.4 Å². The van der Waals surface area contributed by atoms with Gasteiger partial charge in [0.1, 0.15) is 5.75 Å². The summed E-state index contributed by atoms with van der Waals surface area (Å²) in [6.45, 7) is 6.85. The molecule has 0 unspecified atom stereocenters. The topological polar surface area (TPSA) is 105 Å². The molecule has 0 atom stereocenters. The SMILES string of the molecule is CC(C)(C)c1ccc(OCCCC(=O)Nc2ccccc2C(=O)Nc2cccc(C(=O)O)c2)cc1. The molecule has 0 radical (unpaired) electrons. The van der Waals surface area contributed by atoms with E-state index in [0.717, 1.165) is 5.75 Å². The van der Waals surface area contributed by atoms with Gasteiger partial charge in [0.25, 0.3) is 5.91 Å². The minimum atomic E-state index is -1.08. The summed E-state index contributed by atoms with van der Waals surface area (Å²) in [4.78, 5) is 36.4. The summed E-state index contributed by atoms with van der Waals surface area (Å²) in [5, 5.41) is 14.6. The van der Waals surface area contributed by atoms with Crippen LogP contribution in [0.2, 0.25) is 0 Å². The Morgan fingerprint density at radius 2 is 1.60 bits per heavy atom. The zero-order valence-corrected chi connectivity index (χ0v) is 20.1. The van der Waals surface area contributed by atoms with Crippen molar-refractivity contribution in [3.05, 3.63) is 89.5 Å². The van der Waals surface area contributed by atoms with Gasteiger partial charge in [-0.1, -0.05) is 51.1 Å². The summed E-state index contributed by atoms with van der Waals surface area (Å²) < 4.78 is 5.74. The number of carboxylic acids is 1. The van der Waals surface area contributed by atoms with E-state index in [9.17, 15) is 14.4 Å². The van der Waals surface area contributed by atoms with Crippen molar-refractivity contribution in [3.63, 3.8) is 0 Å². The molecule has 3 aromatic rings. The number of benzene rings is 3. The summed E-state index contributed by atoms with van der Waals surface area (Å²) in [6.07, 6.45) is 0.750. The van der Waals surface area contributed by atoms with E-state index in [-0.39, 0.29) is 28.9 Å². The molecule has 7 nitrogen and oxygen atoms in total. The first-order valence-corrected chi connectivity index (χ1v) is 11.4. The third kappa shape index (κ3) is 7.43.